The highest BCUT2D eigenvalue weighted by molar-refractivity contribution is 7.09. The Bertz CT molecular complexity index is 1910. The Morgan fingerprint density at radius 2 is 1.59 bits per heavy atom. The molecular weight excluding hydrogens is 653 g/mol. The van der Waals surface area contributed by atoms with Crippen molar-refractivity contribution in [2.45, 2.75) is 66.2 Å². The highest BCUT2D eigenvalue weighted by atomic mass is 32.1. The van der Waals surface area contributed by atoms with Gasteiger partial charge in [0.15, 0.2) is 11.6 Å². The number of benzene rings is 3. The van der Waals surface area contributed by atoms with Crippen molar-refractivity contribution in [3.05, 3.63) is 110 Å². The van der Waals surface area contributed by atoms with Crippen LogP contribution in [0.2, 0.25) is 0 Å². The summed E-state index contributed by atoms with van der Waals surface area (Å²) in [6.07, 6.45) is -2.81. The fourth-order valence-corrected chi connectivity index (χ4v) is 6.95. The second-order valence-corrected chi connectivity index (χ2v) is 13.1. The van der Waals surface area contributed by atoms with Gasteiger partial charge in [0.2, 0.25) is 0 Å². The number of fused-ring (bicyclic) bond motifs is 1. The Hall–Kier alpha value is -4.77. The summed E-state index contributed by atoms with van der Waals surface area (Å²) in [4.78, 5) is 43.0. The number of rotatable bonds is 5. The van der Waals surface area contributed by atoms with E-state index in [-0.39, 0.29) is 29.1 Å². The molecule has 7 nitrogen and oxygen atoms in total. The average Bonchev–Trinajstić information content (AvgIpc) is 3.53. The largest absolute Gasteiger partial charge is 0.573 e. The van der Waals surface area contributed by atoms with Crippen LogP contribution in [0.4, 0.5) is 13.2 Å². The van der Waals surface area contributed by atoms with E-state index in [0.717, 1.165) is 45.9 Å². The molecule has 3 aromatic carbocycles. The van der Waals surface area contributed by atoms with Crippen molar-refractivity contribution in [1.29, 1.82) is 0 Å². The van der Waals surface area contributed by atoms with Crippen LogP contribution in [-0.4, -0.2) is 46.8 Å². The lowest BCUT2D eigenvalue weighted by Crippen LogP contribution is -2.38. The van der Waals surface area contributed by atoms with Gasteiger partial charge in [-0.15, -0.1) is 24.5 Å². The molecule has 1 fully saturated rings. The smallest absolute Gasteiger partial charge is 0.461 e. The van der Waals surface area contributed by atoms with E-state index >= 15 is 0 Å². The minimum Gasteiger partial charge on any atom is -0.461 e. The van der Waals surface area contributed by atoms with E-state index in [0.29, 0.717) is 47.7 Å². The molecule has 0 bridgehead atoms. The van der Waals surface area contributed by atoms with Gasteiger partial charge in [-0.2, -0.15) is 0 Å². The Kier molecular flexibility index (Phi) is 10.7. The highest BCUT2D eigenvalue weighted by Crippen LogP contribution is 2.35. The molecule has 2 aliphatic rings. The monoisotopic (exact) mass is 690 g/mol. The van der Waals surface area contributed by atoms with Gasteiger partial charge in [-0.3, -0.25) is 14.4 Å². The second kappa shape index (κ2) is 14.8. The Balaban J connectivity index is 0.000000259. The number of ether oxygens (including phenoxy) is 2. The van der Waals surface area contributed by atoms with Gasteiger partial charge in [0, 0.05) is 54.4 Å². The molecule has 4 aromatic rings. The van der Waals surface area contributed by atoms with Gasteiger partial charge in [0.25, 0.3) is 5.91 Å². The third-order valence-corrected chi connectivity index (χ3v) is 9.82. The van der Waals surface area contributed by atoms with E-state index < -0.39 is 6.36 Å². The molecule has 0 N–H and O–H groups in total. The summed E-state index contributed by atoms with van der Waals surface area (Å²) in [6.45, 7) is 10.1. The SMILES string of the molecule is CC(=O)c1csc(C2CCN(C(=O)c3cccc(C)c3-c3ccc(OC(F)(F)F)cc3)CC2)n1.CC1=C(C)C(=O)Cc2c(C)cccc2O1. The maximum Gasteiger partial charge on any atom is 0.573 e. The van der Waals surface area contributed by atoms with Gasteiger partial charge in [0.1, 0.15) is 23.0 Å². The summed E-state index contributed by atoms with van der Waals surface area (Å²) in [5.41, 5.74) is 6.03. The van der Waals surface area contributed by atoms with Crippen molar-refractivity contribution < 1.29 is 37.0 Å². The lowest BCUT2D eigenvalue weighted by Gasteiger charge is -2.32. The number of nitrogens with zero attached hydrogens (tertiary/aromatic N) is 2. The molecule has 3 heterocycles. The molecule has 1 saturated heterocycles. The predicted octanol–water partition coefficient (Wildman–Crippen LogP) is 9.03. The van der Waals surface area contributed by atoms with Crippen molar-refractivity contribution in [3.63, 3.8) is 0 Å². The first-order valence-corrected chi connectivity index (χ1v) is 16.8. The number of allylic oxidation sites excluding steroid dienone is 2. The van der Waals surface area contributed by atoms with Crippen LogP contribution < -0.4 is 9.47 Å². The van der Waals surface area contributed by atoms with E-state index in [2.05, 4.69) is 9.72 Å². The zero-order chi connectivity index (χ0) is 35.5. The maximum absolute atomic E-state index is 13.4. The van der Waals surface area contributed by atoms with Crippen LogP contribution in [-0.2, 0) is 11.2 Å². The molecule has 0 aliphatic carbocycles. The number of ketones is 2. The highest BCUT2D eigenvalue weighted by Gasteiger charge is 2.31. The normalized spacial score (nSPS) is 15.1. The number of piperidine rings is 1. The average molecular weight is 691 g/mol. The Morgan fingerprint density at radius 3 is 2.22 bits per heavy atom. The first-order chi connectivity index (χ1) is 23.2. The molecule has 0 unspecified atom stereocenters. The summed E-state index contributed by atoms with van der Waals surface area (Å²) in [5, 5.41) is 2.70. The molecule has 0 spiro atoms. The molecule has 0 atom stereocenters. The summed E-state index contributed by atoms with van der Waals surface area (Å²) < 4.78 is 47.1. The number of alkyl halides is 3. The van der Waals surface area contributed by atoms with Crippen LogP contribution in [0.25, 0.3) is 11.1 Å². The number of aromatic nitrogens is 1. The molecule has 2 aliphatic heterocycles. The van der Waals surface area contributed by atoms with Gasteiger partial charge in [-0.05, 0) is 87.1 Å². The van der Waals surface area contributed by atoms with Crippen molar-refractivity contribution in [3.8, 4) is 22.6 Å². The van der Waals surface area contributed by atoms with Crippen LogP contribution in [0, 0.1) is 13.8 Å². The molecule has 1 aromatic heterocycles. The third-order valence-electron chi connectivity index (χ3n) is 8.81. The quantitative estimate of drug-likeness (QED) is 0.194. The fraction of sp³-hybridized carbons (Fsp3) is 0.316. The molecule has 0 radical (unpaired) electrons. The number of halogens is 3. The van der Waals surface area contributed by atoms with Crippen LogP contribution in [0.5, 0.6) is 11.5 Å². The molecule has 256 valence electrons. The number of Topliss-reactive ketones (excluding diaryl/α,β-unsaturated/α-hetero) is 2. The standard InChI is InChI=1S/C25H23F3N2O3S.C13H14O2/c1-15-4-3-5-20(22(15)17-6-8-19(9-7-17)33-25(26,27)28)24(32)30-12-10-18(11-13-30)23-29-21(14-34-23)16(2)31;1-8-5-4-6-13-11(8)7-12(14)9(2)10(3)15-13/h3-9,14,18H,10-13H2,1-2H3;4-6H,7H2,1-3H3. The minimum absolute atomic E-state index is 0.0555. The van der Waals surface area contributed by atoms with Gasteiger partial charge in [-0.25, -0.2) is 4.98 Å². The number of aryl methyl sites for hydroxylation is 2. The lowest BCUT2D eigenvalue weighted by atomic mass is 9.92. The van der Waals surface area contributed by atoms with Crippen LogP contribution >= 0.6 is 11.3 Å². The van der Waals surface area contributed by atoms with Crippen LogP contribution in [0.1, 0.15) is 82.1 Å². The fourth-order valence-electron chi connectivity index (χ4n) is 5.92. The van der Waals surface area contributed by atoms with E-state index in [1.807, 2.05) is 52.0 Å². The Labute approximate surface area is 287 Å². The molecule has 49 heavy (non-hydrogen) atoms. The summed E-state index contributed by atoms with van der Waals surface area (Å²) in [5.74, 6) is 1.41. The predicted molar refractivity (Wildman–Crippen MR) is 182 cm³/mol. The molecule has 11 heteroatoms. The Morgan fingerprint density at radius 1 is 0.939 bits per heavy atom. The van der Waals surface area contributed by atoms with Crippen molar-refractivity contribution >= 4 is 28.8 Å². The maximum atomic E-state index is 13.4. The first kappa shape index (κ1) is 35.5. The number of carbonyl (C=O) groups excluding carboxylic acids is 3. The van der Waals surface area contributed by atoms with Crippen molar-refractivity contribution in [2.24, 2.45) is 0 Å². The third kappa shape index (κ3) is 8.45. The summed E-state index contributed by atoms with van der Waals surface area (Å²) in [6, 6.07) is 16.8. The van der Waals surface area contributed by atoms with Crippen LogP contribution in [0.15, 0.2) is 77.4 Å². The number of amides is 1. The molecule has 6 rings (SSSR count). The van der Waals surface area contributed by atoms with E-state index in [1.165, 1.54) is 42.5 Å². The van der Waals surface area contributed by atoms with Gasteiger partial charge in [-0.1, -0.05) is 36.4 Å². The lowest BCUT2D eigenvalue weighted by molar-refractivity contribution is -0.274. The van der Waals surface area contributed by atoms with Crippen LogP contribution in [0.3, 0.4) is 0 Å². The van der Waals surface area contributed by atoms with E-state index in [1.54, 1.807) is 22.4 Å². The van der Waals surface area contributed by atoms with E-state index in [4.69, 9.17) is 4.74 Å². The topological polar surface area (TPSA) is 85.8 Å². The molecular formula is C38H37F3N2O5S. The minimum atomic E-state index is -4.76. The number of hydrogen-bond acceptors (Lipinski definition) is 7. The molecule has 0 saturated carbocycles. The molecule has 1 amide bonds. The van der Waals surface area contributed by atoms with Gasteiger partial charge < -0.3 is 14.4 Å². The zero-order valence-corrected chi connectivity index (χ0v) is 28.8. The number of thiazole rings is 1. The first-order valence-electron chi connectivity index (χ1n) is 15.9. The second-order valence-electron chi connectivity index (χ2n) is 12.2. The van der Waals surface area contributed by atoms with Gasteiger partial charge >= 0.3 is 6.36 Å². The summed E-state index contributed by atoms with van der Waals surface area (Å²) in [7, 11) is 0. The number of likely N-dealkylation sites (tertiary alicyclic amines) is 1. The number of carbonyl (C=O) groups is 3. The zero-order valence-electron chi connectivity index (χ0n) is 27.9. The van der Waals surface area contributed by atoms with Crippen molar-refractivity contribution in [1.82, 2.24) is 9.88 Å². The van der Waals surface area contributed by atoms with Crippen molar-refractivity contribution in [2.75, 3.05) is 13.1 Å². The van der Waals surface area contributed by atoms with E-state index in [9.17, 15) is 27.6 Å². The number of hydrogen-bond donors (Lipinski definition) is 0. The van der Waals surface area contributed by atoms with Gasteiger partial charge in [0.05, 0.1) is 5.01 Å². The summed E-state index contributed by atoms with van der Waals surface area (Å²) >= 11 is 1.48.